The Labute approximate surface area is 223 Å². The second-order valence-corrected chi connectivity index (χ2v) is 9.69. The molecule has 39 heavy (non-hydrogen) atoms. The largest absolute Gasteiger partial charge is 0.325 e. The Morgan fingerprint density at radius 3 is 2.62 bits per heavy atom. The number of halogens is 2. The number of rotatable bonds is 6. The van der Waals surface area contributed by atoms with Gasteiger partial charge in [-0.15, -0.1) is 0 Å². The van der Waals surface area contributed by atoms with Gasteiger partial charge in [0.25, 0.3) is 0 Å². The zero-order chi connectivity index (χ0) is 26.9. The highest BCUT2D eigenvalue weighted by molar-refractivity contribution is 5.94. The molecule has 6 rings (SSSR count). The van der Waals surface area contributed by atoms with Gasteiger partial charge < -0.3 is 10.6 Å². The molecule has 0 spiro atoms. The number of anilines is 1. The number of carbonyl (C=O) groups excluding carboxylic acids is 1. The van der Waals surface area contributed by atoms with Crippen LogP contribution in [-0.4, -0.2) is 62.9 Å². The molecule has 3 heterocycles. The molecule has 5 aromatic rings. The van der Waals surface area contributed by atoms with E-state index >= 15 is 0 Å². The molecule has 1 aliphatic rings. The average Bonchev–Trinajstić information content (AvgIpc) is 3.55. The van der Waals surface area contributed by atoms with Crippen molar-refractivity contribution < 1.29 is 13.6 Å². The van der Waals surface area contributed by atoms with Crippen LogP contribution in [0.5, 0.6) is 0 Å². The summed E-state index contributed by atoms with van der Waals surface area (Å²) in [7, 11) is 1.87. The molecular formula is C29H27F2N7O. The van der Waals surface area contributed by atoms with Crippen LogP contribution in [-0.2, 0) is 11.8 Å². The van der Waals surface area contributed by atoms with Gasteiger partial charge in [-0.05, 0) is 53.6 Å². The van der Waals surface area contributed by atoms with E-state index in [1.807, 2.05) is 42.1 Å². The number of aromatic nitrogens is 4. The zero-order valence-corrected chi connectivity index (χ0v) is 21.4. The standard InChI is InChI=1S/C29H27F2N7O/c1-36-16-21(15-34-36)19-2-5-28-27(12-19)33-18-38(28)24-11-20(25-4-3-22(30)13-26(25)31)10-23(14-24)35-29(39)17-37-8-6-32-7-9-37/h2-5,10-16,18,32H,6-9,17H2,1H3,(H,35,39). The summed E-state index contributed by atoms with van der Waals surface area (Å²) >= 11 is 0. The first-order valence-corrected chi connectivity index (χ1v) is 12.7. The number of hydrogen-bond donors (Lipinski definition) is 2. The van der Waals surface area contributed by atoms with Crippen LogP contribution in [0.3, 0.4) is 0 Å². The van der Waals surface area contributed by atoms with Crippen molar-refractivity contribution in [3.63, 3.8) is 0 Å². The summed E-state index contributed by atoms with van der Waals surface area (Å²) in [6.45, 7) is 3.53. The summed E-state index contributed by atoms with van der Waals surface area (Å²) in [5.74, 6) is -1.49. The number of benzene rings is 3. The van der Waals surface area contributed by atoms with Gasteiger partial charge in [0.2, 0.25) is 5.91 Å². The quantitative estimate of drug-likeness (QED) is 0.346. The molecule has 3 aromatic carbocycles. The van der Waals surface area contributed by atoms with Gasteiger partial charge in [0.05, 0.1) is 23.8 Å². The Kier molecular flexibility index (Phi) is 6.64. The summed E-state index contributed by atoms with van der Waals surface area (Å²) in [5.41, 5.74) is 5.54. The molecule has 1 amide bonds. The van der Waals surface area contributed by atoms with Gasteiger partial charge in [0.15, 0.2) is 0 Å². The molecule has 0 aliphatic carbocycles. The Hall–Kier alpha value is -4.41. The van der Waals surface area contributed by atoms with Crippen molar-refractivity contribution >= 4 is 22.6 Å². The summed E-state index contributed by atoms with van der Waals surface area (Å²) in [6, 6.07) is 14.8. The number of nitrogens with one attached hydrogen (secondary N) is 2. The van der Waals surface area contributed by atoms with Gasteiger partial charge in [-0.1, -0.05) is 6.07 Å². The molecule has 0 unspecified atom stereocenters. The zero-order valence-electron chi connectivity index (χ0n) is 21.4. The van der Waals surface area contributed by atoms with Crippen LogP contribution < -0.4 is 10.6 Å². The molecule has 0 saturated carbocycles. The molecule has 2 aromatic heterocycles. The molecule has 1 aliphatic heterocycles. The molecule has 8 nitrogen and oxygen atoms in total. The third-order valence-corrected chi connectivity index (χ3v) is 6.88. The van der Waals surface area contributed by atoms with Crippen LogP contribution in [0.2, 0.25) is 0 Å². The van der Waals surface area contributed by atoms with E-state index < -0.39 is 11.6 Å². The number of amides is 1. The van der Waals surface area contributed by atoms with Crippen molar-refractivity contribution in [2.24, 2.45) is 7.05 Å². The minimum absolute atomic E-state index is 0.156. The van der Waals surface area contributed by atoms with E-state index in [9.17, 15) is 13.6 Å². The number of imidazole rings is 1. The highest BCUT2D eigenvalue weighted by Gasteiger charge is 2.16. The number of aryl methyl sites for hydroxylation is 1. The summed E-state index contributed by atoms with van der Waals surface area (Å²) in [5, 5.41) is 10.5. The van der Waals surface area contributed by atoms with Crippen molar-refractivity contribution in [1.29, 1.82) is 0 Å². The number of piperazine rings is 1. The molecule has 1 saturated heterocycles. The Morgan fingerprint density at radius 1 is 1.00 bits per heavy atom. The highest BCUT2D eigenvalue weighted by atomic mass is 19.1. The minimum atomic E-state index is -0.679. The lowest BCUT2D eigenvalue weighted by atomic mass is 10.0. The Balaban J connectivity index is 1.38. The third kappa shape index (κ3) is 5.29. The van der Waals surface area contributed by atoms with Crippen LogP contribution in [0.25, 0.3) is 39.0 Å². The Bertz CT molecular complexity index is 1670. The average molecular weight is 528 g/mol. The number of hydrogen-bond acceptors (Lipinski definition) is 5. The first-order chi connectivity index (χ1) is 18.9. The van der Waals surface area contributed by atoms with Crippen molar-refractivity contribution in [1.82, 2.24) is 29.5 Å². The lowest BCUT2D eigenvalue weighted by Gasteiger charge is -2.26. The van der Waals surface area contributed by atoms with E-state index in [1.165, 1.54) is 12.1 Å². The predicted molar refractivity (Wildman–Crippen MR) is 147 cm³/mol. The maximum absolute atomic E-state index is 14.8. The van der Waals surface area contributed by atoms with E-state index in [0.29, 0.717) is 16.9 Å². The number of fused-ring (bicyclic) bond motifs is 1. The number of carbonyl (C=O) groups is 1. The van der Waals surface area contributed by atoms with Gasteiger partial charge in [-0.3, -0.25) is 18.9 Å². The lowest BCUT2D eigenvalue weighted by molar-refractivity contribution is -0.117. The first-order valence-electron chi connectivity index (χ1n) is 12.7. The topological polar surface area (TPSA) is 80.0 Å². The highest BCUT2D eigenvalue weighted by Crippen LogP contribution is 2.31. The second kappa shape index (κ2) is 10.4. The van der Waals surface area contributed by atoms with E-state index in [0.717, 1.165) is 54.4 Å². The van der Waals surface area contributed by atoms with Gasteiger partial charge in [0.1, 0.15) is 18.0 Å². The second-order valence-electron chi connectivity index (χ2n) is 9.69. The lowest BCUT2D eigenvalue weighted by Crippen LogP contribution is -2.46. The van der Waals surface area contributed by atoms with E-state index in [4.69, 9.17) is 0 Å². The minimum Gasteiger partial charge on any atom is -0.325 e. The Morgan fingerprint density at radius 2 is 1.85 bits per heavy atom. The fourth-order valence-corrected chi connectivity index (χ4v) is 4.94. The van der Waals surface area contributed by atoms with E-state index in [-0.39, 0.29) is 18.0 Å². The van der Waals surface area contributed by atoms with Crippen LogP contribution >= 0.6 is 0 Å². The van der Waals surface area contributed by atoms with Gasteiger partial charge in [-0.25, -0.2) is 13.8 Å². The van der Waals surface area contributed by atoms with E-state index in [2.05, 4.69) is 25.6 Å². The molecule has 2 N–H and O–H groups in total. The van der Waals surface area contributed by atoms with Crippen molar-refractivity contribution in [2.75, 3.05) is 38.0 Å². The normalized spacial score (nSPS) is 14.1. The van der Waals surface area contributed by atoms with Gasteiger partial charge in [-0.2, -0.15) is 5.10 Å². The first kappa shape index (κ1) is 24.9. The van der Waals surface area contributed by atoms with Crippen LogP contribution in [0.4, 0.5) is 14.5 Å². The molecule has 0 atom stereocenters. The molecule has 198 valence electrons. The van der Waals surface area contributed by atoms with Crippen LogP contribution in [0.1, 0.15) is 0 Å². The molecule has 1 fully saturated rings. The SMILES string of the molecule is Cn1cc(-c2ccc3c(c2)ncn3-c2cc(NC(=O)CN3CCNCC3)cc(-c3ccc(F)cc3F)c2)cn1. The maximum Gasteiger partial charge on any atom is 0.238 e. The summed E-state index contributed by atoms with van der Waals surface area (Å²) in [6.07, 6.45) is 5.44. The van der Waals surface area contributed by atoms with Crippen molar-refractivity contribution in [3.8, 4) is 27.9 Å². The number of nitrogens with zero attached hydrogens (tertiary/aromatic N) is 5. The predicted octanol–water partition coefficient (Wildman–Crippen LogP) is 4.21. The maximum atomic E-state index is 14.8. The van der Waals surface area contributed by atoms with Gasteiger partial charge in [0, 0.05) is 68.0 Å². The van der Waals surface area contributed by atoms with Crippen molar-refractivity contribution in [3.05, 3.63) is 85.0 Å². The summed E-state index contributed by atoms with van der Waals surface area (Å²) in [4.78, 5) is 19.6. The molecular weight excluding hydrogens is 500 g/mol. The third-order valence-electron chi connectivity index (χ3n) is 6.88. The smallest absolute Gasteiger partial charge is 0.238 e. The van der Waals surface area contributed by atoms with E-state index in [1.54, 1.807) is 29.3 Å². The van der Waals surface area contributed by atoms with Crippen LogP contribution in [0.15, 0.2) is 73.3 Å². The molecule has 10 heteroatoms. The van der Waals surface area contributed by atoms with Gasteiger partial charge >= 0.3 is 0 Å². The molecule has 0 radical (unpaired) electrons. The fraction of sp³-hybridized carbons (Fsp3) is 0.207. The van der Waals surface area contributed by atoms with Crippen LogP contribution in [0, 0.1) is 11.6 Å². The summed E-state index contributed by atoms with van der Waals surface area (Å²) < 4.78 is 32.1. The fourth-order valence-electron chi connectivity index (χ4n) is 4.94. The molecule has 0 bridgehead atoms. The van der Waals surface area contributed by atoms with Crippen molar-refractivity contribution in [2.45, 2.75) is 0 Å². The monoisotopic (exact) mass is 527 g/mol.